The summed E-state index contributed by atoms with van der Waals surface area (Å²) in [5, 5.41) is 32.5. The fourth-order valence-electron chi connectivity index (χ4n) is 2.42. The number of benzene rings is 1. The van der Waals surface area contributed by atoms with Crippen LogP contribution in [-0.2, 0) is 11.0 Å². The van der Waals surface area contributed by atoms with E-state index in [0.29, 0.717) is 6.07 Å². The number of aliphatic hydroxyl groups is 1. The van der Waals surface area contributed by atoms with Gasteiger partial charge >= 0.3 is 12.1 Å². The Morgan fingerprint density at radius 2 is 1.87 bits per heavy atom. The first-order valence-corrected chi connectivity index (χ1v) is 8.43. The SMILES string of the molecule is COc1cc(C(F)(F)F)c([N+](=O)[O-])cc1C(=O)/C(=C\NC(CO)C(C)(C)C)C(=O)O. The molecule has 166 valence electrons. The van der Waals surface area contributed by atoms with Crippen molar-refractivity contribution in [2.75, 3.05) is 13.7 Å². The van der Waals surface area contributed by atoms with Crippen LogP contribution in [0.5, 0.6) is 5.75 Å². The van der Waals surface area contributed by atoms with Crippen LogP contribution in [0.15, 0.2) is 23.9 Å². The molecule has 3 N–H and O–H groups in total. The van der Waals surface area contributed by atoms with E-state index < -0.39 is 69.1 Å². The lowest BCUT2D eigenvalue weighted by atomic mass is 9.87. The van der Waals surface area contributed by atoms with E-state index in [-0.39, 0.29) is 6.07 Å². The summed E-state index contributed by atoms with van der Waals surface area (Å²) in [5.74, 6) is -3.73. The van der Waals surface area contributed by atoms with Crippen LogP contribution in [-0.4, -0.2) is 46.6 Å². The average Bonchev–Trinajstić information content (AvgIpc) is 2.61. The van der Waals surface area contributed by atoms with E-state index in [9.17, 15) is 43.1 Å². The number of nitro benzene ring substituents is 1. The van der Waals surface area contributed by atoms with Gasteiger partial charge in [0, 0.05) is 18.3 Å². The molecule has 30 heavy (non-hydrogen) atoms. The summed E-state index contributed by atoms with van der Waals surface area (Å²) in [6.45, 7) is 4.80. The molecule has 0 fully saturated rings. The third kappa shape index (κ3) is 5.69. The number of nitrogens with one attached hydrogen (secondary N) is 1. The van der Waals surface area contributed by atoms with E-state index in [2.05, 4.69) is 5.32 Å². The summed E-state index contributed by atoms with van der Waals surface area (Å²) in [5.41, 5.74) is -5.25. The molecule has 0 amide bonds. The number of alkyl halides is 3. The van der Waals surface area contributed by atoms with Crippen molar-refractivity contribution in [3.63, 3.8) is 0 Å². The highest BCUT2D eigenvalue weighted by atomic mass is 19.4. The fourth-order valence-corrected chi connectivity index (χ4v) is 2.42. The highest BCUT2D eigenvalue weighted by molar-refractivity contribution is 6.24. The number of nitrogens with zero attached hydrogens (tertiary/aromatic N) is 1. The van der Waals surface area contributed by atoms with Gasteiger partial charge in [-0.25, -0.2) is 4.79 Å². The third-order valence-corrected chi connectivity index (χ3v) is 4.20. The molecule has 0 radical (unpaired) electrons. The number of aliphatic carboxylic acids is 1. The van der Waals surface area contributed by atoms with Gasteiger partial charge in [0.2, 0.25) is 5.78 Å². The molecule has 0 heterocycles. The molecule has 1 aromatic rings. The van der Waals surface area contributed by atoms with Crippen molar-refractivity contribution >= 4 is 17.4 Å². The van der Waals surface area contributed by atoms with Crippen LogP contribution in [0.2, 0.25) is 0 Å². The number of hydrogen-bond acceptors (Lipinski definition) is 7. The highest BCUT2D eigenvalue weighted by Crippen LogP contribution is 2.40. The predicted molar refractivity (Wildman–Crippen MR) is 98.2 cm³/mol. The number of ketones is 1. The molecule has 0 aliphatic rings. The lowest BCUT2D eigenvalue weighted by molar-refractivity contribution is -0.388. The van der Waals surface area contributed by atoms with Crippen molar-refractivity contribution in [1.29, 1.82) is 0 Å². The Kier molecular flexibility index (Phi) is 7.56. The lowest BCUT2D eigenvalue weighted by Gasteiger charge is -2.29. The van der Waals surface area contributed by atoms with Crippen molar-refractivity contribution in [3.8, 4) is 5.75 Å². The van der Waals surface area contributed by atoms with Crippen molar-refractivity contribution in [2.24, 2.45) is 5.41 Å². The van der Waals surface area contributed by atoms with E-state index in [0.717, 1.165) is 13.3 Å². The first kappa shape index (κ1) is 24.9. The predicted octanol–water partition coefficient (Wildman–Crippen LogP) is 2.77. The molecular formula is C18H21F3N2O7. The first-order chi connectivity index (χ1) is 13.6. The van der Waals surface area contributed by atoms with Crippen LogP contribution >= 0.6 is 0 Å². The normalized spacial score (nSPS) is 13.5. The number of nitro groups is 1. The van der Waals surface area contributed by atoms with Gasteiger partial charge in [-0.15, -0.1) is 0 Å². The zero-order valence-corrected chi connectivity index (χ0v) is 16.5. The minimum Gasteiger partial charge on any atom is -0.496 e. The molecular weight excluding hydrogens is 413 g/mol. The van der Waals surface area contributed by atoms with E-state index in [1.165, 1.54) is 0 Å². The number of hydrogen-bond donors (Lipinski definition) is 3. The largest absolute Gasteiger partial charge is 0.496 e. The lowest BCUT2D eigenvalue weighted by Crippen LogP contribution is -2.41. The molecule has 1 aromatic carbocycles. The second-order valence-electron chi connectivity index (χ2n) is 7.28. The van der Waals surface area contributed by atoms with Crippen LogP contribution in [0.4, 0.5) is 18.9 Å². The van der Waals surface area contributed by atoms with E-state index >= 15 is 0 Å². The Balaban J connectivity index is 3.58. The van der Waals surface area contributed by atoms with Gasteiger partial charge < -0.3 is 20.3 Å². The standard InChI is InChI=1S/C18H21F3N2O7/c1-17(2,3)14(8-24)22-7-10(16(26)27)15(25)9-5-12(23(28)29)11(18(19,20)21)6-13(9)30-4/h5-7,14,22,24H,8H2,1-4H3,(H,26,27)/b10-7+. The molecule has 0 bridgehead atoms. The molecule has 1 atom stereocenters. The molecule has 12 heteroatoms. The molecule has 0 saturated carbocycles. The van der Waals surface area contributed by atoms with Crippen LogP contribution in [0, 0.1) is 15.5 Å². The van der Waals surface area contributed by atoms with Crippen molar-refractivity contribution < 1.29 is 42.6 Å². The van der Waals surface area contributed by atoms with Crippen molar-refractivity contribution in [2.45, 2.75) is 33.0 Å². The summed E-state index contributed by atoms with van der Waals surface area (Å²) < 4.78 is 44.1. The van der Waals surface area contributed by atoms with E-state index in [1.54, 1.807) is 20.8 Å². The van der Waals surface area contributed by atoms with Gasteiger partial charge in [-0.2, -0.15) is 13.2 Å². The number of methoxy groups -OCH3 is 1. The summed E-state index contributed by atoms with van der Waals surface area (Å²) in [6.07, 6.45) is -4.31. The molecule has 0 aliphatic carbocycles. The van der Waals surface area contributed by atoms with Crippen LogP contribution in [0.25, 0.3) is 0 Å². The van der Waals surface area contributed by atoms with Crippen LogP contribution in [0.3, 0.4) is 0 Å². The number of aliphatic hydroxyl groups excluding tert-OH is 1. The molecule has 0 spiro atoms. The zero-order valence-electron chi connectivity index (χ0n) is 16.5. The quantitative estimate of drug-likeness (QED) is 0.142. The molecule has 0 saturated heterocycles. The van der Waals surface area contributed by atoms with E-state index in [1.807, 2.05) is 0 Å². The minimum absolute atomic E-state index is 0.268. The Bertz CT molecular complexity index is 874. The number of ether oxygens (including phenoxy) is 1. The number of carboxylic acid groups (broad SMARTS) is 1. The average molecular weight is 434 g/mol. The first-order valence-electron chi connectivity index (χ1n) is 8.43. The number of Topliss-reactive ketones (excluding diaryl/α,β-unsaturated/α-hetero) is 1. The number of halogens is 3. The number of carboxylic acids is 1. The van der Waals surface area contributed by atoms with Crippen molar-refractivity contribution in [3.05, 3.63) is 45.1 Å². The zero-order chi connectivity index (χ0) is 23.4. The van der Waals surface area contributed by atoms with Gasteiger partial charge in [-0.05, 0) is 5.41 Å². The molecule has 0 aliphatic heterocycles. The molecule has 1 unspecified atom stereocenters. The van der Waals surface area contributed by atoms with Gasteiger partial charge in [0.25, 0.3) is 5.69 Å². The number of carbonyl (C=O) groups is 2. The summed E-state index contributed by atoms with van der Waals surface area (Å²) >= 11 is 0. The van der Waals surface area contributed by atoms with Gasteiger partial charge in [0.1, 0.15) is 16.9 Å². The molecule has 0 aromatic heterocycles. The summed E-state index contributed by atoms with van der Waals surface area (Å²) in [6, 6.07) is -0.0682. The molecule has 9 nitrogen and oxygen atoms in total. The van der Waals surface area contributed by atoms with Gasteiger partial charge in [-0.3, -0.25) is 14.9 Å². The Morgan fingerprint density at radius 1 is 1.30 bits per heavy atom. The monoisotopic (exact) mass is 434 g/mol. The topological polar surface area (TPSA) is 139 Å². The Morgan fingerprint density at radius 3 is 2.23 bits per heavy atom. The summed E-state index contributed by atoms with van der Waals surface area (Å²) in [7, 11) is 0.932. The van der Waals surface area contributed by atoms with Gasteiger partial charge in [-0.1, -0.05) is 20.8 Å². The maximum Gasteiger partial charge on any atom is 0.423 e. The third-order valence-electron chi connectivity index (χ3n) is 4.20. The smallest absolute Gasteiger partial charge is 0.423 e. The highest BCUT2D eigenvalue weighted by Gasteiger charge is 2.40. The Labute approximate surface area is 169 Å². The maximum absolute atomic E-state index is 13.1. The second kappa shape index (κ2) is 9.11. The van der Waals surface area contributed by atoms with Crippen molar-refractivity contribution in [1.82, 2.24) is 5.32 Å². The maximum atomic E-state index is 13.1. The van der Waals surface area contributed by atoms with Crippen LogP contribution < -0.4 is 10.1 Å². The number of carbonyl (C=O) groups excluding carboxylic acids is 1. The van der Waals surface area contributed by atoms with Gasteiger partial charge in [0.05, 0.1) is 30.2 Å². The van der Waals surface area contributed by atoms with Gasteiger partial charge in [0.15, 0.2) is 0 Å². The molecule has 1 rings (SSSR count). The fraction of sp³-hybridized carbons (Fsp3) is 0.444. The number of rotatable bonds is 8. The minimum atomic E-state index is -5.11. The summed E-state index contributed by atoms with van der Waals surface area (Å²) in [4.78, 5) is 34.0. The second-order valence-corrected chi connectivity index (χ2v) is 7.28. The van der Waals surface area contributed by atoms with E-state index in [4.69, 9.17) is 4.74 Å². The van der Waals surface area contributed by atoms with Crippen LogP contribution in [0.1, 0.15) is 36.7 Å². The Hall–Kier alpha value is -3.15.